The van der Waals surface area contributed by atoms with Crippen LogP contribution in [0.5, 0.6) is 0 Å². The SMILES string of the molecule is C[CH]c1c(Cl)cc(C(F)(F)F)c(N)c1Cl. The summed E-state index contributed by atoms with van der Waals surface area (Å²) in [5.41, 5.74) is 4.08. The third-order valence-corrected chi connectivity index (χ3v) is 2.61. The molecule has 1 radical (unpaired) electrons. The van der Waals surface area contributed by atoms with Crippen LogP contribution in [-0.4, -0.2) is 0 Å². The van der Waals surface area contributed by atoms with Crippen molar-refractivity contribution in [3.8, 4) is 0 Å². The van der Waals surface area contributed by atoms with Gasteiger partial charge in [-0.3, -0.25) is 0 Å². The van der Waals surface area contributed by atoms with E-state index in [0.29, 0.717) is 5.56 Å². The lowest BCUT2D eigenvalue weighted by Crippen LogP contribution is -2.10. The molecule has 6 heteroatoms. The smallest absolute Gasteiger partial charge is 0.397 e. The maximum Gasteiger partial charge on any atom is 0.418 e. The van der Waals surface area contributed by atoms with Gasteiger partial charge in [-0.25, -0.2) is 0 Å². The Morgan fingerprint density at radius 2 is 1.87 bits per heavy atom. The summed E-state index contributed by atoms with van der Waals surface area (Å²) in [6, 6.07) is 0.776. The molecule has 0 atom stereocenters. The summed E-state index contributed by atoms with van der Waals surface area (Å²) in [4.78, 5) is 0. The summed E-state index contributed by atoms with van der Waals surface area (Å²) in [6.45, 7) is 1.61. The Hall–Kier alpha value is -0.610. The van der Waals surface area contributed by atoms with E-state index in [-0.39, 0.29) is 10.0 Å². The van der Waals surface area contributed by atoms with Crippen LogP contribution in [0.25, 0.3) is 0 Å². The first kappa shape index (κ1) is 12.5. The van der Waals surface area contributed by atoms with Crippen molar-refractivity contribution < 1.29 is 13.2 Å². The Labute approximate surface area is 95.0 Å². The number of rotatable bonds is 1. The minimum atomic E-state index is -4.55. The lowest BCUT2D eigenvalue weighted by atomic mass is 10.1. The van der Waals surface area contributed by atoms with Crippen molar-refractivity contribution in [1.82, 2.24) is 0 Å². The summed E-state index contributed by atoms with van der Waals surface area (Å²) in [5.74, 6) is 0. The van der Waals surface area contributed by atoms with Crippen molar-refractivity contribution in [2.45, 2.75) is 13.1 Å². The predicted octanol–water partition coefficient (Wildman–Crippen LogP) is 4.17. The Balaban J connectivity index is 3.48. The molecule has 0 saturated heterocycles. The molecule has 1 aromatic carbocycles. The highest BCUT2D eigenvalue weighted by atomic mass is 35.5. The Kier molecular flexibility index (Phi) is 3.41. The second kappa shape index (κ2) is 4.10. The maximum absolute atomic E-state index is 12.4. The minimum Gasteiger partial charge on any atom is -0.397 e. The van der Waals surface area contributed by atoms with Crippen molar-refractivity contribution in [2.75, 3.05) is 5.73 Å². The van der Waals surface area contributed by atoms with Crippen LogP contribution >= 0.6 is 23.2 Å². The first-order valence-corrected chi connectivity index (χ1v) is 4.68. The van der Waals surface area contributed by atoms with Gasteiger partial charge in [0.25, 0.3) is 0 Å². The van der Waals surface area contributed by atoms with Gasteiger partial charge in [-0.15, -0.1) is 0 Å². The number of halogens is 5. The summed E-state index contributed by atoms with van der Waals surface area (Å²) in [6.07, 6.45) is -3.05. The van der Waals surface area contributed by atoms with Crippen LogP contribution in [0.1, 0.15) is 18.1 Å². The van der Waals surface area contributed by atoms with E-state index in [0.717, 1.165) is 6.07 Å². The minimum absolute atomic E-state index is 0.0657. The molecule has 1 aromatic rings. The van der Waals surface area contributed by atoms with Crippen LogP contribution in [-0.2, 0) is 6.18 Å². The second-order valence-corrected chi connectivity index (χ2v) is 3.62. The largest absolute Gasteiger partial charge is 0.418 e. The van der Waals surface area contributed by atoms with Gasteiger partial charge >= 0.3 is 6.18 Å². The number of alkyl halides is 3. The first-order chi connectivity index (χ1) is 6.79. The van der Waals surface area contributed by atoms with E-state index in [1.165, 1.54) is 6.42 Å². The average molecular weight is 257 g/mol. The molecule has 0 bridgehead atoms. The van der Waals surface area contributed by atoms with Crippen LogP contribution < -0.4 is 5.73 Å². The van der Waals surface area contributed by atoms with Gasteiger partial charge in [0.05, 0.1) is 16.3 Å². The first-order valence-electron chi connectivity index (χ1n) is 3.93. The molecule has 0 fully saturated rings. The highest BCUT2D eigenvalue weighted by Gasteiger charge is 2.35. The molecule has 15 heavy (non-hydrogen) atoms. The summed E-state index contributed by atoms with van der Waals surface area (Å²) in [7, 11) is 0. The molecule has 1 rings (SSSR count). The highest BCUT2D eigenvalue weighted by Crippen LogP contribution is 2.41. The van der Waals surface area contributed by atoms with Gasteiger partial charge in [0.2, 0.25) is 0 Å². The summed E-state index contributed by atoms with van der Waals surface area (Å²) >= 11 is 11.3. The van der Waals surface area contributed by atoms with E-state index in [1.807, 2.05) is 0 Å². The third kappa shape index (κ3) is 2.32. The van der Waals surface area contributed by atoms with Crippen LogP contribution in [0, 0.1) is 6.42 Å². The number of nitrogen functional groups attached to an aromatic ring is 1. The molecule has 0 aliphatic rings. The highest BCUT2D eigenvalue weighted by molar-refractivity contribution is 6.38. The van der Waals surface area contributed by atoms with E-state index in [9.17, 15) is 13.2 Å². The molecule has 0 aromatic heterocycles. The van der Waals surface area contributed by atoms with Gasteiger partial charge in [0.1, 0.15) is 0 Å². The van der Waals surface area contributed by atoms with Gasteiger partial charge in [-0.1, -0.05) is 30.1 Å². The molecule has 0 aliphatic carbocycles. The second-order valence-electron chi connectivity index (χ2n) is 2.83. The maximum atomic E-state index is 12.4. The molecular formula is C9H7Cl2F3N. The molecule has 0 amide bonds. The van der Waals surface area contributed by atoms with Crippen molar-refractivity contribution in [1.29, 1.82) is 0 Å². The Morgan fingerprint density at radius 3 is 2.27 bits per heavy atom. The fourth-order valence-corrected chi connectivity index (χ4v) is 1.82. The van der Waals surface area contributed by atoms with E-state index >= 15 is 0 Å². The van der Waals surface area contributed by atoms with Crippen LogP contribution in [0.4, 0.5) is 18.9 Å². The third-order valence-electron chi connectivity index (χ3n) is 1.89. The van der Waals surface area contributed by atoms with Gasteiger partial charge in [0, 0.05) is 5.02 Å². The standard InChI is InChI=1S/C9H7Cl2F3N/c1-2-4-6(10)3-5(9(12,13)14)8(15)7(4)11/h2-3H,15H2,1H3. The van der Waals surface area contributed by atoms with Crippen molar-refractivity contribution in [3.05, 3.63) is 33.7 Å². The lowest BCUT2D eigenvalue weighted by molar-refractivity contribution is -0.136. The summed E-state index contributed by atoms with van der Waals surface area (Å²) in [5, 5.41) is -0.235. The van der Waals surface area contributed by atoms with E-state index in [1.54, 1.807) is 6.92 Å². The van der Waals surface area contributed by atoms with E-state index < -0.39 is 17.4 Å². The lowest BCUT2D eigenvalue weighted by Gasteiger charge is -2.14. The number of anilines is 1. The van der Waals surface area contributed by atoms with Gasteiger partial charge in [-0.2, -0.15) is 13.2 Å². The summed E-state index contributed by atoms with van der Waals surface area (Å²) < 4.78 is 37.3. The van der Waals surface area contributed by atoms with Gasteiger partial charge in [0.15, 0.2) is 0 Å². The van der Waals surface area contributed by atoms with Crippen molar-refractivity contribution >= 4 is 28.9 Å². The quantitative estimate of drug-likeness (QED) is 0.751. The number of benzene rings is 1. The topological polar surface area (TPSA) is 26.0 Å². The van der Waals surface area contributed by atoms with Gasteiger partial charge in [-0.05, 0) is 18.1 Å². The van der Waals surface area contributed by atoms with Crippen LogP contribution in [0.15, 0.2) is 6.07 Å². The molecule has 1 nitrogen and oxygen atoms in total. The predicted molar refractivity (Wildman–Crippen MR) is 55.0 cm³/mol. The van der Waals surface area contributed by atoms with Gasteiger partial charge < -0.3 is 5.73 Å². The molecule has 0 saturated carbocycles. The molecule has 0 unspecified atom stereocenters. The molecule has 0 aliphatic heterocycles. The Morgan fingerprint density at radius 1 is 1.33 bits per heavy atom. The van der Waals surface area contributed by atoms with E-state index in [2.05, 4.69) is 0 Å². The van der Waals surface area contributed by atoms with Crippen LogP contribution in [0.3, 0.4) is 0 Å². The molecule has 0 spiro atoms. The number of hydrogen-bond donors (Lipinski definition) is 1. The zero-order valence-corrected chi connectivity index (χ0v) is 9.13. The molecule has 2 N–H and O–H groups in total. The monoisotopic (exact) mass is 256 g/mol. The van der Waals surface area contributed by atoms with Crippen LogP contribution in [0.2, 0.25) is 10.0 Å². The average Bonchev–Trinajstić information content (AvgIpc) is 2.10. The number of hydrogen-bond acceptors (Lipinski definition) is 1. The zero-order valence-electron chi connectivity index (χ0n) is 7.62. The molecular weight excluding hydrogens is 250 g/mol. The van der Waals surface area contributed by atoms with E-state index in [4.69, 9.17) is 28.9 Å². The normalized spacial score (nSPS) is 11.9. The molecule has 83 valence electrons. The Bertz CT molecular complexity index is 388. The fourth-order valence-electron chi connectivity index (χ4n) is 1.15. The molecule has 0 heterocycles. The van der Waals surface area contributed by atoms with Crippen molar-refractivity contribution in [3.63, 3.8) is 0 Å². The zero-order chi connectivity index (χ0) is 11.8. The number of nitrogens with two attached hydrogens (primary N) is 1. The van der Waals surface area contributed by atoms with Crippen molar-refractivity contribution in [2.24, 2.45) is 0 Å². The fraction of sp³-hybridized carbons (Fsp3) is 0.222.